The van der Waals surface area contributed by atoms with E-state index in [9.17, 15) is 0 Å². The first kappa shape index (κ1) is 8.87. The molecule has 0 saturated heterocycles. The number of H-pyrrole nitrogens is 1. The van der Waals surface area contributed by atoms with Crippen LogP contribution in [0.15, 0.2) is 12.4 Å². The van der Waals surface area contributed by atoms with Crippen LogP contribution in [-0.4, -0.2) is 20.4 Å². The van der Waals surface area contributed by atoms with E-state index >= 15 is 0 Å². The Labute approximate surface area is 82.4 Å². The highest BCUT2D eigenvalue weighted by Crippen LogP contribution is 2.22. The molecule has 72 valence electrons. The molecular weight excluding hydrogens is 176 g/mol. The number of aryl methyl sites for hydroxylation is 1. The number of aromatic amines is 1. The topological polar surface area (TPSA) is 54.5 Å². The van der Waals surface area contributed by atoms with E-state index in [0.29, 0.717) is 0 Å². The molecule has 0 radical (unpaired) electrons. The first-order chi connectivity index (χ1) is 6.70. The van der Waals surface area contributed by atoms with Gasteiger partial charge in [-0.1, -0.05) is 0 Å². The average Bonchev–Trinajstić information content (AvgIpc) is 2.67. The minimum atomic E-state index is 0.904. The second-order valence-electron chi connectivity index (χ2n) is 3.37. The lowest BCUT2D eigenvalue weighted by molar-refractivity contribution is 0.952. The van der Waals surface area contributed by atoms with E-state index in [1.54, 1.807) is 6.20 Å². The maximum absolute atomic E-state index is 4.17. The quantitative estimate of drug-likeness (QED) is 0.742. The molecule has 2 heterocycles. The van der Waals surface area contributed by atoms with Crippen molar-refractivity contribution in [2.24, 2.45) is 0 Å². The number of rotatable bonds is 1. The molecule has 1 N–H and O–H groups in total. The summed E-state index contributed by atoms with van der Waals surface area (Å²) < 4.78 is 0. The summed E-state index contributed by atoms with van der Waals surface area (Å²) in [5.41, 5.74) is 5.23. The Bertz CT molecular complexity index is 445. The third-order valence-electron chi connectivity index (χ3n) is 2.53. The van der Waals surface area contributed by atoms with Crippen LogP contribution in [0.25, 0.3) is 11.3 Å². The minimum Gasteiger partial charge on any atom is -0.285 e. The number of nitrogens with one attached hydrogen (secondary N) is 1. The Morgan fingerprint density at radius 2 is 1.86 bits per heavy atom. The Morgan fingerprint density at radius 1 is 1.07 bits per heavy atom. The Balaban J connectivity index is 2.61. The number of nitrogens with zero attached hydrogens (tertiary/aromatic N) is 3. The number of aromatic nitrogens is 4. The Hall–Kier alpha value is -1.71. The van der Waals surface area contributed by atoms with Gasteiger partial charge in [0.15, 0.2) is 0 Å². The van der Waals surface area contributed by atoms with Gasteiger partial charge in [-0.15, -0.1) is 5.10 Å². The maximum atomic E-state index is 4.17. The van der Waals surface area contributed by atoms with Crippen molar-refractivity contribution in [3.63, 3.8) is 0 Å². The molecular formula is C10H12N4. The highest BCUT2D eigenvalue weighted by molar-refractivity contribution is 5.62. The lowest BCUT2D eigenvalue weighted by Gasteiger charge is -2.06. The SMILES string of the molecule is Cc1nnc(-c2cn[nH]c2)c(C)c1C. The fourth-order valence-corrected chi connectivity index (χ4v) is 1.38. The molecule has 0 aliphatic rings. The van der Waals surface area contributed by atoms with Crippen molar-refractivity contribution in [2.75, 3.05) is 0 Å². The number of hydrogen-bond acceptors (Lipinski definition) is 3. The number of hydrogen-bond donors (Lipinski definition) is 1. The van der Waals surface area contributed by atoms with Crippen LogP contribution >= 0.6 is 0 Å². The van der Waals surface area contributed by atoms with Crippen LogP contribution in [0.2, 0.25) is 0 Å². The van der Waals surface area contributed by atoms with Gasteiger partial charge in [0.1, 0.15) is 0 Å². The average molecular weight is 188 g/mol. The fraction of sp³-hybridized carbons (Fsp3) is 0.300. The van der Waals surface area contributed by atoms with Gasteiger partial charge in [0.2, 0.25) is 0 Å². The molecule has 0 fully saturated rings. The summed E-state index contributed by atoms with van der Waals surface area (Å²) in [6, 6.07) is 0. The molecule has 0 aliphatic carbocycles. The summed E-state index contributed by atoms with van der Waals surface area (Å²) in [5.74, 6) is 0. The van der Waals surface area contributed by atoms with Crippen molar-refractivity contribution in [1.82, 2.24) is 20.4 Å². The third-order valence-corrected chi connectivity index (χ3v) is 2.53. The van der Waals surface area contributed by atoms with E-state index in [2.05, 4.69) is 34.2 Å². The van der Waals surface area contributed by atoms with Crippen molar-refractivity contribution < 1.29 is 0 Å². The van der Waals surface area contributed by atoms with Gasteiger partial charge in [0.25, 0.3) is 0 Å². The molecule has 0 amide bonds. The standard InChI is InChI=1S/C10H12N4/c1-6-7(2)10(14-13-8(6)3)9-4-11-12-5-9/h4-5H,1-3H3,(H,11,12). The minimum absolute atomic E-state index is 0.904. The predicted molar refractivity (Wildman–Crippen MR) is 53.8 cm³/mol. The zero-order valence-electron chi connectivity index (χ0n) is 8.50. The van der Waals surface area contributed by atoms with Crippen LogP contribution in [-0.2, 0) is 0 Å². The van der Waals surface area contributed by atoms with Gasteiger partial charge in [-0.05, 0) is 31.9 Å². The molecule has 0 saturated carbocycles. The summed E-state index contributed by atoms with van der Waals surface area (Å²) in [4.78, 5) is 0. The Kier molecular flexibility index (Phi) is 2.04. The highest BCUT2D eigenvalue weighted by Gasteiger charge is 2.09. The normalized spacial score (nSPS) is 10.5. The first-order valence-corrected chi connectivity index (χ1v) is 4.50. The molecule has 2 rings (SSSR count). The van der Waals surface area contributed by atoms with Crippen molar-refractivity contribution in [3.05, 3.63) is 29.2 Å². The summed E-state index contributed by atoms with van der Waals surface area (Å²) >= 11 is 0. The van der Waals surface area contributed by atoms with Crippen molar-refractivity contribution in [1.29, 1.82) is 0 Å². The molecule has 0 spiro atoms. The van der Waals surface area contributed by atoms with Gasteiger partial charge in [0.05, 0.1) is 17.6 Å². The first-order valence-electron chi connectivity index (χ1n) is 4.50. The van der Waals surface area contributed by atoms with Gasteiger partial charge < -0.3 is 0 Å². The van der Waals surface area contributed by atoms with Crippen molar-refractivity contribution in [3.8, 4) is 11.3 Å². The van der Waals surface area contributed by atoms with Crippen LogP contribution in [0.3, 0.4) is 0 Å². The molecule has 0 aromatic carbocycles. The lowest BCUT2D eigenvalue weighted by atomic mass is 10.1. The molecule has 4 heteroatoms. The summed E-state index contributed by atoms with van der Waals surface area (Å²) in [7, 11) is 0. The molecule has 14 heavy (non-hydrogen) atoms. The smallest absolute Gasteiger partial charge is 0.0993 e. The Morgan fingerprint density at radius 3 is 2.50 bits per heavy atom. The van der Waals surface area contributed by atoms with Gasteiger partial charge in [-0.25, -0.2) is 0 Å². The largest absolute Gasteiger partial charge is 0.285 e. The molecule has 0 unspecified atom stereocenters. The molecule has 2 aromatic heterocycles. The highest BCUT2D eigenvalue weighted by atomic mass is 15.1. The van der Waals surface area contributed by atoms with Crippen LogP contribution in [0.5, 0.6) is 0 Å². The molecule has 0 aliphatic heterocycles. The van der Waals surface area contributed by atoms with Crippen LogP contribution in [0, 0.1) is 20.8 Å². The molecule has 0 bridgehead atoms. The van der Waals surface area contributed by atoms with Gasteiger partial charge in [0, 0.05) is 11.8 Å². The second-order valence-corrected chi connectivity index (χ2v) is 3.37. The maximum Gasteiger partial charge on any atom is 0.0993 e. The monoisotopic (exact) mass is 188 g/mol. The van der Waals surface area contributed by atoms with E-state index in [4.69, 9.17) is 0 Å². The van der Waals surface area contributed by atoms with Crippen LogP contribution in [0.1, 0.15) is 16.8 Å². The summed E-state index contributed by atoms with van der Waals surface area (Å²) in [5, 5.41) is 14.9. The zero-order valence-corrected chi connectivity index (χ0v) is 8.50. The van der Waals surface area contributed by atoms with Gasteiger partial charge in [-0.2, -0.15) is 10.2 Å². The predicted octanol–water partition coefficient (Wildman–Crippen LogP) is 1.79. The lowest BCUT2D eigenvalue weighted by Crippen LogP contribution is -1.98. The van der Waals surface area contributed by atoms with Crippen molar-refractivity contribution >= 4 is 0 Å². The van der Waals surface area contributed by atoms with E-state index in [1.165, 1.54) is 11.1 Å². The molecule has 0 atom stereocenters. The van der Waals surface area contributed by atoms with Crippen LogP contribution in [0.4, 0.5) is 0 Å². The van der Waals surface area contributed by atoms with E-state index in [0.717, 1.165) is 17.0 Å². The van der Waals surface area contributed by atoms with Crippen molar-refractivity contribution in [2.45, 2.75) is 20.8 Å². The summed E-state index contributed by atoms with van der Waals surface area (Å²) in [6.45, 7) is 6.08. The molecule has 2 aromatic rings. The van der Waals surface area contributed by atoms with E-state index in [1.807, 2.05) is 13.1 Å². The second kappa shape index (κ2) is 3.21. The van der Waals surface area contributed by atoms with Gasteiger partial charge >= 0.3 is 0 Å². The summed E-state index contributed by atoms with van der Waals surface area (Å²) in [6.07, 6.45) is 3.58. The zero-order chi connectivity index (χ0) is 10.1. The van der Waals surface area contributed by atoms with Gasteiger partial charge in [-0.3, -0.25) is 5.10 Å². The molecule has 4 nitrogen and oxygen atoms in total. The third kappa shape index (κ3) is 1.28. The van der Waals surface area contributed by atoms with Crippen LogP contribution < -0.4 is 0 Å². The fourth-order valence-electron chi connectivity index (χ4n) is 1.38. The van der Waals surface area contributed by atoms with E-state index in [-0.39, 0.29) is 0 Å². The van der Waals surface area contributed by atoms with E-state index < -0.39 is 0 Å².